The Hall–Kier alpha value is -1.13. The third-order valence-electron chi connectivity index (χ3n) is 2.21. The van der Waals surface area contributed by atoms with Crippen LogP contribution in [0.5, 0.6) is 0 Å². The minimum absolute atomic E-state index is 0.292. The van der Waals surface area contributed by atoms with E-state index in [1.807, 2.05) is 13.1 Å². The summed E-state index contributed by atoms with van der Waals surface area (Å²) in [4.78, 5) is 0. The molecule has 0 radical (unpaired) electrons. The molecule has 1 aromatic heterocycles. The predicted octanol–water partition coefficient (Wildman–Crippen LogP) is 3.57. The normalized spacial score (nSPS) is 10.7. The van der Waals surface area contributed by atoms with Crippen molar-refractivity contribution in [3.05, 3.63) is 46.4 Å². The topological polar surface area (TPSA) is 25.2 Å². The standard InChI is InChI=1S/C12H11BrFNO/c1-15-7-9-3-5-12(16-9)10-4-2-8(13)6-11(10)14/h2-6,15H,7H2,1H3. The smallest absolute Gasteiger partial charge is 0.137 e. The molecule has 2 rings (SSSR count). The van der Waals surface area contributed by atoms with E-state index in [2.05, 4.69) is 21.2 Å². The molecule has 0 amide bonds. The van der Waals surface area contributed by atoms with Crippen LogP contribution in [0, 0.1) is 5.82 Å². The van der Waals surface area contributed by atoms with Gasteiger partial charge in [-0.05, 0) is 37.4 Å². The molecule has 1 N–H and O–H groups in total. The first-order chi connectivity index (χ1) is 7.70. The Labute approximate surface area is 102 Å². The number of furan rings is 1. The quantitative estimate of drug-likeness (QED) is 0.932. The highest BCUT2D eigenvalue weighted by Gasteiger charge is 2.09. The van der Waals surface area contributed by atoms with Crippen LogP contribution < -0.4 is 5.32 Å². The van der Waals surface area contributed by atoms with Gasteiger partial charge in [-0.25, -0.2) is 4.39 Å². The molecule has 0 aliphatic carbocycles. The summed E-state index contributed by atoms with van der Waals surface area (Å²) >= 11 is 3.22. The Balaban J connectivity index is 2.35. The Morgan fingerprint density at radius 2 is 2.12 bits per heavy atom. The molecule has 4 heteroatoms. The van der Waals surface area contributed by atoms with Gasteiger partial charge < -0.3 is 9.73 Å². The van der Waals surface area contributed by atoms with Gasteiger partial charge in [-0.2, -0.15) is 0 Å². The zero-order valence-electron chi connectivity index (χ0n) is 8.76. The van der Waals surface area contributed by atoms with Gasteiger partial charge in [0.15, 0.2) is 0 Å². The second kappa shape index (κ2) is 4.80. The molecule has 0 atom stereocenters. The van der Waals surface area contributed by atoms with Gasteiger partial charge in [0.2, 0.25) is 0 Å². The lowest BCUT2D eigenvalue weighted by Gasteiger charge is -2.00. The van der Waals surface area contributed by atoms with Gasteiger partial charge in [-0.3, -0.25) is 0 Å². The van der Waals surface area contributed by atoms with Gasteiger partial charge in [-0.1, -0.05) is 15.9 Å². The summed E-state index contributed by atoms with van der Waals surface area (Å²) in [5.41, 5.74) is 0.477. The van der Waals surface area contributed by atoms with Gasteiger partial charge in [0.25, 0.3) is 0 Å². The average molecular weight is 284 g/mol. The molecule has 16 heavy (non-hydrogen) atoms. The van der Waals surface area contributed by atoms with E-state index < -0.39 is 0 Å². The van der Waals surface area contributed by atoms with E-state index in [0.29, 0.717) is 17.9 Å². The van der Waals surface area contributed by atoms with E-state index in [-0.39, 0.29) is 5.82 Å². The molecule has 84 valence electrons. The number of nitrogens with one attached hydrogen (secondary N) is 1. The van der Waals surface area contributed by atoms with E-state index in [1.165, 1.54) is 6.07 Å². The molecule has 0 aliphatic rings. The van der Waals surface area contributed by atoms with Crippen molar-refractivity contribution in [1.82, 2.24) is 5.32 Å². The molecule has 0 bridgehead atoms. The summed E-state index contributed by atoms with van der Waals surface area (Å²) < 4.78 is 19.9. The van der Waals surface area contributed by atoms with Gasteiger partial charge in [0.05, 0.1) is 12.1 Å². The first-order valence-electron chi connectivity index (χ1n) is 4.89. The zero-order valence-corrected chi connectivity index (χ0v) is 10.3. The van der Waals surface area contributed by atoms with Crippen molar-refractivity contribution in [2.75, 3.05) is 7.05 Å². The number of halogens is 2. The minimum Gasteiger partial charge on any atom is -0.460 e. The van der Waals surface area contributed by atoms with Crippen molar-refractivity contribution in [3.63, 3.8) is 0 Å². The Morgan fingerprint density at radius 3 is 2.81 bits per heavy atom. The minimum atomic E-state index is -0.292. The monoisotopic (exact) mass is 283 g/mol. The summed E-state index contributed by atoms with van der Waals surface area (Å²) in [6.45, 7) is 0.637. The zero-order chi connectivity index (χ0) is 11.5. The molecule has 0 spiro atoms. The number of hydrogen-bond acceptors (Lipinski definition) is 2. The second-order valence-electron chi connectivity index (χ2n) is 3.42. The molecular formula is C12H11BrFNO. The summed E-state index contributed by atoms with van der Waals surface area (Å²) in [6, 6.07) is 8.53. The third kappa shape index (κ3) is 2.33. The molecule has 0 aliphatic heterocycles. The largest absolute Gasteiger partial charge is 0.460 e. The molecule has 0 fully saturated rings. The van der Waals surface area contributed by atoms with E-state index in [1.54, 1.807) is 18.2 Å². The van der Waals surface area contributed by atoms with Crippen molar-refractivity contribution < 1.29 is 8.81 Å². The van der Waals surface area contributed by atoms with Crippen molar-refractivity contribution in [1.29, 1.82) is 0 Å². The van der Waals surface area contributed by atoms with Crippen molar-refractivity contribution in [3.8, 4) is 11.3 Å². The SMILES string of the molecule is CNCc1ccc(-c2ccc(Br)cc2F)o1. The third-order valence-corrected chi connectivity index (χ3v) is 2.70. The van der Waals surface area contributed by atoms with E-state index in [4.69, 9.17) is 4.42 Å². The fourth-order valence-corrected chi connectivity index (χ4v) is 1.81. The van der Waals surface area contributed by atoms with Crippen LogP contribution >= 0.6 is 15.9 Å². The second-order valence-corrected chi connectivity index (χ2v) is 4.34. The Bertz CT molecular complexity index is 496. The molecule has 0 unspecified atom stereocenters. The summed E-state index contributed by atoms with van der Waals surface area (Å²) in [7, 11) is 1.84. The van der Waals surface area contributed by atoms with Gasteiger partial charge >= 0.3 is 0 Å². The van der Waals surface area contributed by atoms with Crippen LogP contribution in [-0.4, -0.2) is 7.05 Å². The first-order valence-corrected chi connectivity index (χ1v) is 5.69. The summed E-state index contributed by atoms with van der Waals surface area (Å²) in [5.74, 6) is 1.05. The lowest BCUT2D eigenvalue weighted by Crippen LogP contribution is -2.03. The van der Waals surface area contributed by atoms with Gasteiger partial charge in [0.1, 0.15) is 17.3 Å². The number of rotatable bonds is 3. The van der Waals surface area contributed by atoms with Crippen molar-refractivity contribution in [2.45, 2.75) is 6.54 Å². The van der Waals surface area contributed by atoms with Crippen LogP contribution in [-0.2, 0) is 6.54 Å². The van der Waals surface area contributed by atoms with Crippen LogP contribution in [0.1, 0.15) is 5.76 Å². The van der Waals surface area contributed by atoms with E-state index >= 15 is 0 Å². The Kier molecular flexibility index (Phi) is 3.41. The summed E-state index contributed by atoms with van der Waals surface area (Å²) in [5, 5.41) is 2.98. The van der Waals surface area contributed by atoms with Gasteiger partial charge in [-0.15, -0.1) is 0 Å². The highest BCUT2D eigenvalue weighted by Crippen LogP contribution is 2.27. The maximum atomic E-state index is 13.6. The predicted molar refractivity (Wildman–Crippen MR) is 64.6 cm³/mol. The van der Waals surface area contributed by atoms with Crippen LogP contribution in [0.25, 0.3) is 11.3 Å². The lowest BCUT2D eigenvalue weighted by molar-refractivity contribution is 0.503. The van der Waals surface area contributed by atoms with Crippen molar-refractivity contribution >= 4 is 15.9 Å². The highest BCUT2D eigenvalue weighted by molar-refractivity contribution is 9.10. The molecule has 2 aromatic rings. The van der Waals surface area contributed by atoms with Crippen LogP contribution in [0.4, 0.5) is 4.39 Å². The van der Waals surface area contributed by atoms with Gasteiger partial charge in [0, 0.05) is 4.47 Å². The average Bonchev–Trinajstić information content (AvgIpc) is 2.67. The van der Waals surface area contributed by atoms with Crippen molar-refractivity contribution in [2.24, 2.45) is 0 Å². The fraction of sp³-hybridized carbons (Fsp3) is 0.167. The molecule has 0 saturated heterocycles. The fourth-order valence-electron chi connectivity index (χ4n) is 1.48. The van der Waals surface area contributed by atoms with E-state index in [0.717, 1.165) is 10.2 Å². The summed E-state index contributed by atoms with van der Waals surface area (Å²) in [6.07, 6.45) is 0. The lowest BCUT2D eigenvalue weighted by atomic mass is 10.1. The maximum absolute atomic E-state index is 13.6. The Morgan fingerprint density at radius 1 is 1.31 bits per heavy atom. The first kappa shape index (κ1) is 11.4. The number of hydrogen-bond donors (Lipinski definition) is 1. The van der Waals surface area contributed by atoms with Crippen LogP contribution in [0.15, 0.2) is 39.2 Å². The van der Waals surface area contributed by atoms with E-state index in [9.17, 15) is 4.39 Å². The van der Waals surface area contributed by atoms with Crippen LogP contribution in [0.2, 0.25) is 0 Å². The molecular weight excluding hydrogens is 273 g/mol. The number of benzene rings is 1. The maximum Gasteiger partial charge on any atom is 0.137 e. The highest BCUT2D eigenvalue weighted by atomic mass is 79.9. The molecule has 2 nitrogen and oxygen atoms in total. The molecule has 0 saturated carbocycles. The van der Waals surface area contributed by atoms with Crippen LogP contribution in [0.3, 0.4) is 0 Å². The molecule has 1 heterocycles. The molecule has 1 aromatic carbocycles.